The lowest BCUT2D eigenvalue weighted by Gasteiger charge is -2.25. The third kappa shape index (κ3) is 3.64. The first-order valence-electron chi connectivity index (χ1n) is 7.54. The number of benzene rings is 1. The van der Waals surface area contributed by atoms with E-state index >= 15 is 0 Å². The molecule has 4 heteroatoms. The Hall–Kier alpha value is -1.26. The highest BCUT2D eigenvalue weighted by Crippen LogP contribution is 2.32. The van der Waals surface area contributed by atoms with Crippen LogP contribution >= 0.6 is 0 Å². The van der Waals surface area contributed by atoms with E-state index in [1.807, 2.05) is 19.1 Å². The minimum absolute atomic E-state index is 0.259. The summed E-state index contributed by atoms with van der Waals surface area (Å²) in [7, 11) is 0. The van der Waals surface area contributed by atoms with E-state index in [0.717, 1.165) is 31.5 Å². The standard InChI is InChI=1S/C16H25NO3/c1-2-20-15-9-3-6-13(16(15)19)12-17-10-4-7-14(17)8-5-11-18/h3,6,9,14,18-19H,2,4-5,7-8,10-12H2,1H3. The third-order valence-corrected chi connectivity index (χ3v) is 3.95. The van der Waals surface area contributed by atoms with Crippen LogP contribution in [-0.4, -0.2) is 40.9 Å². The highest BCUT2D eigenvalue weighted by molar-refractivity contribution is 5.45. The number of rotatable bonds is 7. The molecule has 0 aliphatic carbocycles. The van der Waals surface area contributed by atoms with Crippen molar-refractivity contribution in [1.29, 1.82) is 0 Å². The molecule has 20 heavy (non-hydrogen) atoms. The van der Waals surface area contributed by atoms with E-state index in [9.17, 15) is 5.11 Å². The van der Waals surface area contributed by atoms with E-state index in [2.05, 4.69) is 4.90 Å². The highest BCUT2D eigenvalue weighted by atomic mass is 16.5. The second kappa shape index (κ2) is 7.50. The first kappa shape index (κ1) is 15.1. The van der Waals surface area contributed by atoms with Gasteiger partial charge in [0.1, 0.15) is 0 Å². The average Bonchev–Trinajstić information content (AvgIpc) is 2.88. The molecule has 1 unspecified atom stereocenters. The summed E-state index contributed by atoms with van der Waals surface area (Å²) in [6.45, 7) is 4.55. The van der Waals surface area contributed by atoms with Gasteiger partial charge in [-0.3, -0.25) is 4.90 Å². The van der Waals surface area contributed by atoms with Crippen molar-refractivity contribution in [2.75, 3.05) is 19.8 Å². The molecule has 1 aliphatic heterocycles. The molecule has 2 N–H and O–H groups in total. The van der Waals surface area contributed by atoms with Crippen LogP contribution in [0.25, 0.3) is 0 Å². The number of aliphatic hydroxyl groups excluding tert-OH is 1. The van der Waals surface area contributed by atoms with Crippen LogP contribution in [0.2, 0.25) is 0 Å². The summed E-state index contributed by atoms with van der Waals surface area (Å²) in [5.74, 6) is 0.832. The molecular weight excluding hydrogens is 254 g/mol. The molecule has 0 radical (unpaired) electrons. The molecule has 0 amide bonds. The Balaban J connectivity index is 2.03. The molecule has 0 aromatic heterocycles. The van der Waals surface area contributed by atoms with Crippen LogP contribution in [0.15, 0.2) is 18.2 Å². The molecule has 2 rings (SSSR count). The molecule has 0 saturated carbocycles. The maximum absolute atomic E-state index is 10.3. The Labute approximate surface area is 121 Å². The lowest BCUT2D eigenvalue weighted by atomic mass is 10.1. The van der Waals surface area contributed by atoms with Crippen LogP contribution in [-0.2, 0) is 6.54 Å². The van der Waals surface area contributed by atoms with Crippen molar-refractivity contribution in [3.8, 4) is 11.5 Å². The Morgan fingerprint density at radius 1 is 1.40 bits per heavy atom. The topological polar surface area (TPSA) is 52.9 Å². The molecule has 1 heterocycles. The number of hydrogen-bond donors (Lipinski definition) is 2. The number of hydrogen-bond acceptors (Lipinski definition) is 4. The maximum atomic E-state index is 10.3. The fourth-order valence-electron chi connectivity index (χ4n) is 2.94. The largest absolute Gasteiger partial charge is 0.504 e. The van der Waals surface area contributed by atoms with Crippen LogP contribution in [0.1, 0.15) is 38.2 Å². The van der Waals surface area contributed by atoms with Gasteiger partial charge >= 0.3 is 0 Å². The Kier molecular flexibility index (Phi) is 5.68. The van der Waals surface area contributed by atoms with Crippen molar-refractivity contribution >= 4 is 0 Å². The van der Waals surface area contributed by atoms with Gasteiger partial charge < -0.3 is 14.9 Å². The zero-order chi connectivity index (χ0) is 14.4. The number of para-hydroxylation sites is 1. The number of phenolic OH excluding ortho intramolecular Hbond substituents is 1. The van der Waals surface area contributed by atoms with Crippen molar-refractivity contribution in [3.63, 3.8) is 0 Å². The Morgan fingerprint density at radius 3 is 3.00 bits per heavy atom. The predicted octanol–water partition coefficient (Wildman–Crippen LogP) is 2.53. The van der Waals surface area contributed by atoms with Crippen LogP contribution in [0, 0.1) is 0 Å². The summed E-state index contributed by atoms with van der Waals surface area (Å²) in [5.41, 5.74) is 0.923. The van der Waals surface area contributed by atoms with Gasteiger partial charge in [-0.25, -0.2) is 0 Å². The van der Waals surface area contributed by atoms with Gasteiger partial charge in [0.2, 0.25) is 0 Å². The van der Waals surface area contributed by atoms with Crippen LogP contribution in [0.4, 0.5) is 0 Å². The van der Waals surface area contributed by atoms with Gasteiger partial charge in [0, 0.05) is 24.8 Å². The van der Waals surface area contributed by atoms with E-state index in [1.54, 1.807) is 6.07 Å². The first-order valence-corrected chi connectivity index (χ1v) is 7.54. The zero-order valence-electron chi connectivity index (χ0n) is 12.2. The van der Waals surface area contributed by atoms with Crippen molar-refractivity contribution in [2.45, 2.75) is 45.2 Å². The highest BCUT2D eigenvalue weighted by Gasteiger charge is 2.25. The predicted molar refractivity (Wildman–Crippen MR) is 79.0 cm³/mol. The van der Waals surface area contributed by atoms with Crippen molar-refractivity contribution in [3.05, 3.63) is 23.8 Å². The normalized spacial score (nSPS) is 19.4. The number of ether oxygens (including phenoxy) is 1. The van der Waals surface area contributed by atoms with E-state index in [4.69, 9.17) is 9.84 Å². The summed E-state index contributed by atoms with van der Waals surface area (Å²) in [4.78, 5) is 2.40. The molecular formula is C16H25NO3. The first-order chi connectivity index (χ1) is 9.76. The molecule has 1 atom stereocenters. The lowest BCUT2D eigenvalue weighted by Crippen LogP contribution is -2.29. The molecule has 0 spiro atoms. The third-order valence-electron chi connectivity index (χ3n) is 3.95. The summed E-state index contributed by atoms with van der Waals surface area (Å²) < 4.78 is 5.43. The van der Waals surface area contributed by atoms with Crippen molar-refractivity contribution < 1.29 is 14.9 Å². The van der Waals surface area contributed by atoms with E-state index in [-0.39, 0.29) is 12.4 Å². The van der Waals surface area contributed by atoms with Crippen molar-refractivity contribution in [2.24, 2.45) is 0 Å². The fourth-order valence-corrected chi connectivity index (χ4v) is 2.94. The number of likely N-dealkylation sites (tertiary alicyclic amines) is 1. The second-order valence-corrected chi connectivity index (χ2v) is 5.33. The maximum Gasteiger partial charge on any atom is 0.162 e. The number of aliphatic hydroxyl groups is 1. The van der Waals surface area contributed by atoms with Gasteiger partial charge in [0.15, 0.2) is 11.5 Å². The van der Waals surface area contributed by atoms with Gasteiger partial charge in [0.05, 0.1) is 6.61 Å². The van der Waals surface area contributed by atoms with Gasteiger partial charge in [-0.1, -0.05) is 12.1 Å². The van der Waals surface area contributed by atoms with Crippen LogP contribution < -0.4 is 4.74 Å². The number of nitrogens with zero attached hydrogens (tertiary/aromatic N) is 1. The van der Waals surface area contributed by atoms with E-state index < -0.39 is 0 Å². The van der Waals surface area contributed by atoms with Gasteiger partial charge in [-0.15, -0.1) is 0 Å². The molecule has 1 fully saturated rings. The Bertz CT molecular complexity index is 422. The minimum Gasteiger partial charge on any atom is -0.504 e. The van der Waals surface area contributed by atoms with Crippen LogP contribution in [0.3, 0.4) is 0 Å². The minimum atomic E-state index is 0.259. The molecule has 1 aromatic rings. The van der Waals surface area contributed by atoms with Crippen LogP contribution in [0.5, 0.6) is 11.5 Å². The number of phenols is 1. The average molecular weight is 279 g/mol. The summed E-state index contributed by atoms with van der Waals surface area (Å²) in [6, 6.07) is 6.21. The second-order valence-electron chi connectivity index (χ2n) is 5.33. The van der Waals surface area contributed by atoms with Crippen molar-refractivity contribution in [1.82, 2.24) is 4.90 Å². The number of aromatic hydroxyl groups is 1. The molecule has 1 saturated heterocycles. The molecule has 0 bridgehead atoms. The smallest absolute Gasteiger partial charge is 0.162 e. The lowest BCUT2D eigenvalue weighted by molar-refractivity contribution is 0.207. The fraction of sp³-hybridized carbons (Fsp3) is 0.625. The quantitative estimate of drug-likeness (QED) is 0.805. The van der Waals surface area contributed by atoms with E-state index in [1.165, 1.54) is 12.8 Å². The van der Waals surface area contributed by atoms with Gasteiger partial charge in [0.25, 0.3) is 0 Å². The monoisotopic (exact) mass is 279 g/mol. The SMILES string of the molecule is CCOc1cccc(CN2CCCC2CCCO)c1O. The summed E-state index contributed by atoms with van der Waals surface area (Å²) in [5, 5.41) is 19.2. The summed E-state index contributed by atoms with van der Waals surface area (Å²) >= 11 is 0. The molecule has 1 aromatic carbocycles. The molecule has 4 nitrogen and oxygen atoms in total. The molecule has 112 valence electrons. The van der Waals surface area contributed by atoms with E-state index in [0.29, 0.717) is 18.4 Å². The molecule has 1 aliphatic rings. The van der Waals surface area contributed by atoms with Gasteiger partial charge in [-0.2, -0.15) is 0 Å². The Morgan fingerprint density at radius 2 is 2.25 bits per heavy atom. The summed E-state index contributed by atoms with van der Waals surface area (Å²) in [6.07, 6.45) is 4.27. The zero-order valence-corrected chi connectivity index (χ0v) is 12.2. The van der Waals surface area contributed by atoms with Gasteiger partial charge in [-0.05, 0) is 45.2 Å².